The standard InChI is InChI=1S/C11H14F5NS.C11H16F3NO5S.C6H5BF5O2S.CH4/c12-18(13,14,15,16)11-3-1-9(2-4-11)10-5-7-17-8-6-10;1-10(2,3)19-9(16)15-6-4-8(5-7-15)20-21(17,18)11(12,13)14;8-15(9,10,11,12)6-3-1-5(2-4-6)14-7-13;/h1-4,10,17H,5-8H2;4H,5-7H2,1-3H3;1-4,13H;1H4. The minimum absolute atomic E-state index is 0. The van der Waals surface area contributed by atoms with E-state index in [2.05, 4.69) is 14.2 Å². The molecule has 1 saturated heterocycles. The van der Waals surface area contributed by atoms with Gasteiger partial charge in [0.1, 0.15) is 26.9 Å². The van der Waals surface area contributed by atoms with Crippen molar-refractivity contribution in [3.63, 3.8) is 0 Å². The quantitative estimate of drug-likeness (QED) is 0.122. The first kappa shape index (κ1) is 49.8. The third kappa shape index (κ3) is 16.8. The van der Waals surface area contributed by atoms with Gasteiger partial charge in [-0.3, -0.25) is 0 Å². The lowest BCUT2D eigenvalue weighted by molar-refractivity contribution is -0.0525. The monoisotopic (exact) mass is 881 g/mol. The Morgan fingerprint density at radius 3 is 1.65 bits per heavy atom. The lowest BCUT2D eigenvalue weighted by Crippen LogP contribution is -2.39. The Hall–Kier alpha value is -3.23. The Morgan fingerprint density at radius 2 is 1.29 bits per heavy atom. The predicted molar refractivity (Wildman–Crippen MR) is 182 cm³/mol. The van der Waals surface area contributed by atoms with E-state index in [4.69, 9.17) is 9.76 Å². The summed E-state index contributed by atoms with van der Waals surface area (Å²) in [5.41, 5.74) is -5.48. The minimum Gasteiger partial charge on any atom is -0.537 e. The van der Waals surface area contributed by atoms with Gasteiger partial charge in [-0.15, -0.1) is 0 Å². The first-order chi connectivity index (χ1) is 23.9. The van der Waals surface area contributed by atoms with Gasteiger partial charge in [-0.25, -0.2) is 4.79 Å². The Kier molecular flexibility index (Phi) is 14.1. The van der Waals surface area contributed by atoms with Crippen molar-refractivity contribution >= 4 is 44.3 Å². The van der Waals surface area contributed by atoms with Crippen molar-refractivity contribution in [1.29, 1.82) is 0 Å². The zero-order valence-corrected chi connectivity index (χ0v) is 30.7. The third-order valence-corrected chi connectivity index (χ3v) is 10.2. The molecule has 26 heteroatoms. The summed E-state index contributed by atoms with van der Waals surface area (Å²) in [5, 5.41) is 11.3. The second-order valence-corrected chi connectivity index (χ2v) is 18.9. The number of ether oxygens (including phenoxy) is 1. The van der Waals surface area contributed by atoms with Gasteiger partial charge in [-0.05, 0) is 101 Å². The summed E-state index contributed by atoms with van der Waals surface area (Å²) in [7, 11) is -24.6. The number of carbonyl (C=O) groups is 1. The highest BCUT2D eigenvalue weighted by molar-refractivity contribution is 8.46. The number of benzene rings is 2. The fraction of sp³-hybridized carbons (Fsp3) is 0.483. The summed E-state index contributed by atoms with van der Waals surface area (Å²) < 4.78 is 195. The van der Waals surface area contributed by atoms with E-state index in [0.717, 1.165) is 32.0 Å². The van der Waals surface area contributed by atoms with Crippen LogP contribution in [0.4, 0.5) is 56.8 Å². The highest BCUT2D eigenvalue weighted by Gasteiger charge is 2.66. The molecule has 9 nitrogen and oxygen atoms in total. The summed E-state index contributed by atoms with van der Waals surface area (Å²) in [4.78, 5) is 9.12. The van der Waals surface area contributed by atoms with Gasteiger partial charge in [0, 0.05) is 19.5 Å². The van der Waals surface area contributed by atoms with E-state index in [1.54, 1.807) is 20.8 Å². The number of amides is 1. The van der Waals surface area contributed by atoms with Crippen molar-refractivity contribution in [2.24, 2.45) is 0 Å². The van der Waals surface area contributed by atoms with Gasteiger partial charge in [-0.1, -0.05) is 58.4 Å². The molecule has 0 aromatic heterocycles. The lowest BCUT2D eigenvalue weighted by atomic mass is 9.90. The van der Waals surface area contributed by atoms with E-state index in [0.29, 0.717) is 29.8 Å². The van der Waals surface area contributed by atoms with Crippen LogP contribution in [0.3, 0.4) is 0 Å². The maximum Gasteiger partial charge on any atom is 0.569 e. The second-order valence-electron chi connectivity index (χ2n) is 12.6. The van der Waals surface area contributed by atoms with Crippen LogP contribution in [0, 0.1) is 0 Å². The number of hydrogen-bond donors (Lipinski definition) is 2. The molecule has 2 aromatic rings. The molecular weight excluding hydrogens is 842 g/mol. The van der Waals surface area contributed by atoms with Gasteiger partial charge in [0.2, 0.25) is 0 Å². The number of nitrogens with one attached hydrogen (secondary N) is 1. The molecule has 0 aliphatic carbocycles. The van der Waals surface area contributed by atoms with E-state index in [1.807, 2.05) is 0 Å². The summed E-state index contributed by atoms with van der Waals surface area (Å²) in [5.74, 6) is -0.367. The molecule has 55 heavy (non-hydrogen) atoms. The minimum atomic E-state index is -9.61. The number of halogens is 13. The summed E-state index contributed by atoms with van der Waals surface area (Å²) in [6.07, 6.45) is 1.97. The molecule has 319 valence electrons. The maximum absolute atomic E-state index is 12.5. The van der Waals surface area contributed by atoms with Crippen LogP contribution in [0.2, 0.25) is 0 Å². The molecule has 1 amide bonds. The van der Waals surface area contributed by atoms with Gasteiger partial charge in [0.15, 0.2) is 0 Å². The molecule has 0 bridgehead atoms. The Labute approximate surface area is 310 Å². The fourth-order valence-corrected chi connectivity index (χ4v) is 6.22. The molecular formula is C29H39BF13N2O7S3. The van der Waals surface area contributed by atoms with Crippen molar-refractivity contribution in [1.82, 2.24) is 10.2 Å². The highest BCUT2D eigenvalue weighted by atomic mass is 32.5. The Morgan fingerprint density at radius 1 is 0.836 bits per heavy atom. The fourth-order valence-electron chi connectivity index (χ4n) is 4.40. The summed E-state index contributed by atoms with van der Waals surface area (Å²) in [6.45, 7) is 6.55. The molecule has 2 aliphatic rings. The summed E-state index contributed by atoms with van der Waals surface area (Å²) in [6, 6.07) is 5.09. The van der Waals surface area contributed by atoms with Gasteiger partial charge in [0.05, 0.1) is 0 Å². The van der Waals surface area contributed by atoms with E-state index in [1.165, 1.54) is 17.0 Å². The molecule has 0 atom stereocenters. The number of carbonyl (C=O) groups excluding carboxylic acids is 1. The molecule has 4 rings (SSSR count). The SMILES string of the molecule is C.CC(C)(C)OC(=O)N1CC=C(OS(=O)(=O)C(F)(F)F)CC1.FS(F)(F)(F)(F)c1ccc(C2CCNCC2)cc1.O[B]Oc1ccc(S(F)(F)(F)(F)F)cc1. The molecule has 1 radical (unpaired) electrons. The van der Waals surface area contributed by atoms with Crippen LogP contribution in [-0.4, -0.2) is 69.4 Å². The molecule has 2 heterocycles. The summed E-state index contributed by atoms with van der Waals surface area (Å²) >= 11 is 0. The number of rotatable bonds is 7. The van der Waals surface area contributed by atoms with Crippen LogP contribution in [0.5, 0.6) is 5.75 Å². The average molecular weight is 882 g/mol. The number of nitrogens with zero attached hydrogens (tertiary/aromatic N) is 1. The largest absolute Gasteiger partial charge is 0.569 e. The van der Waals surface area contributed by atoms with Crippen molar-refractivity contribution in [3.8, 4) is 5.75 Å². The Balaban J connectivity index is 0.000000414. The molecule has 0 saturated carbocycles. The number of piperidine rings is 1. The second kappa shape index (κ2) is 15.6. The molecule has 1 fully saturated rings. The first-order valence-corrected chi connectivity index (χ1v) is 20.4. The molecule has 2 aromatic carbocycles. The van der Waals surface area contributed by atoms with E-state index in [9.17, 15) is 65.2 Å². The topological polar surface area (TPSA) is 114 Å². The van der Waals surface area contributed by atoms with Crippen LogP contribution in [-0.2, 0) is 19.0 Å². The van der Waals surface area contributed by atoms with E-state index < -0.39 is 57.6 Å². The van der Waals surface area contributed by atoms with Gasteiger partial charge < -0.3 is 28.8 Å². The first-order valence-electron chi connectivity index (χ1n) is 15.1. The third-order valence-electron chi connectivity index (χ3n) is 6.91. The smallest absolute Gasteiger partial charge is 0.537 e. The Bertz CT molecular complexity index is 1750. The highest BCUT2D eigenvalue weighted by Crippen LogP contribution is 3.02. The van der Waals surface area contributed by atoms with E-state index in [-0.39, 0.29) is 64.2 Å². The number of hydrogen-bond acceptors (Lipinski definition) is 8. The zero-order valence-electron chi connectivity index (χ0n) is 28.3. The predicted octanol–water partition coefficient (Wildman–Crippen LogP) is 11.1. The van der Waals surface area contributed by atoms with E-state index >= 15 is 0 Å². The van der Waals surface area contributed by atoms with Crippen molar-refractivity contribution in [3.05, 3.63) is 65.9 Å². The zero-order chi connectivity index (χ0) is 41.8. The van der Waals surface area contributed by atoms with Gasteiger partial charge in [-0.2, -0.15) is 21.6 Å². The molecule has 0 spiro atoms. The van der Waals surface area contributed by atoms with Crippen LogP contribution in [0.15, 0.2) is 70.2 Å². The average Bonchev–Trinajstić information content (AvgIpc) is 2.99. The molecule has 2 N–H and O–H groups in total. The van der Waals surface area contributed by atoms with Crippen molar-refractivity contribution in [2.75, 3.05) is 26.2 Å². The molecule has 0 unspecified atom stereocenters. The molecule has 2 aliphatic heterocycles. The van der Waals surface area contributed by atoms with Crippen LogP contribution in [0.25, 0.3) is 0 Å². The lowest BCUT2D eigenvalue weighted by Gasteiger charge is -2.40. The van der Waals surface area contributed by atoms with Crippen LogP contribution in [0.1, 0.15) is 58.9 Å². The normalized spacial score (nSPS) is 18.3. The maximum atomic E-state index is 12.5. The van der Waals surface area contributed by atoms with Crippen molar-refractivity contribution < 1.29 is 83.8 Å². The van der Waals surface area contributed by atoms with Crippen LogP contribution < -0.4 is 9.97 Å². The van der Waals surface area contributed by atoms with Gasteiger partial charge in [0.25, 0.3) is 0 Å². The van der Waals surface area contributed by atoms with Crippen LogP contribution >= 0.6 is 20.4 Å². The number of alkyl halides is 3. The van der Waals surface area contributed by atoms with Gasteiger partial charge >= 0.3 is 49.9 Å². The van der Waals surface area contributed by atoms with Crippen molar-refractivity contribution in [2.45, 2.75) is 74.3 Å².